The van der Waals surface area contributed by atoms with Crippen LogP contribution in [0.4, 0.5) is 0 Å². The highest BCUT2D eigenvalue weighted by Gasteiger charge is 2.28. The first-order chi connectivity index (χ1) is 23.8. The van der Waals surface area contributed by atoms with Crippen LogP contribution in [0.3, 0.4) is 0 Å². The molecule has 0 spiro atoms. The van der Waals surface area contributed by atoms with E-state index >= 15 is 0 Å². The van der Waals surface area contributed by atoms with Gasteiger partial charge in [0.2, 0.25) is 0 Å². The van der Waals surface area contributed by atoms with E-state index in [1.54, 1.807) is 23.5 Å². The van der Waals surface area contributed by atoms with Crippen LogP contribution in [-0.4, -0.2) is 45.9 Å². The summed E-state index contributed by atoms with van der Waals surface area (Å²) in [6.07, 6.45) is 5.97. The Labute approximate surface area is 325 Å². The lowest BCUT2D eigenvalue weighted by molar-refractivity contribution is -0.148. The average molecular weight is 759 g/mol. The number of hydrogen-bond acceptors (Lipinski definition) is 8. The summed E-state index contributed by atoms with van der Waals surface area (Å²) in [6, 6.07) is 8.27. The summed E-state index contributed by atoms with van der Waals surface area (Å²) in [5.74, 6) is 1.74. The zero-order valence-corrected chi connectivity index (χ0v) is 36.5. The maximum Gasteiger partial charge on any atom is 0.306 e. The summed E-state index contributed by atoms with van der Waals surface area (Å²) in [5, 5.41) is 22.0. The van der Waals surface area contributed by atoms with Crippen LogP contribution < -0.4 is 0 Å². The number of rotatable bonds is 17. The third-order valence-corrected chi connectivity index (χ3v) is 11.5. The number of phenolic OH excluding ortho intramolecular Hbond substituents is 2. The summed E-state index contributed by atoms with van der Waals surface area (Å²) in [5.41, 5.74) is 2.99. The summed E-state index contributed by atoms with van der Waals surface area (Å²) >= 11 is 3.32. The molecule has 0 radical (unpaired) electrons. The Hall–Kier alpha value is -2.32. The molecule has 0 aliphatic rings. The van der Waals surface area contributed by atoms with Crippen molar-refractivity contribution in [1.82, 2.24) is 0 Å². The van der Waals surface area contributed by atoms with Crippen LogP contribution in [0.15, 0.2) is 34.1 Å². The number of benzene rings is 2. The molecule has 0 saturated heterocycles. The van der Waals surface area contributed by atoms with Crippen LogP contribution in [0.2, 0.25) is 0 Å². The van der Waals surface area contributed by atoms with E-state index < -0.39 is 0 Å². The van der Waals surface area contributed by atoms with Gasteiger partial charge < -0.3 is 19.7 Å². The molecule has 0 bridgehead atoms. The molecular weight excluding hydrogens is 689 g/mol. The minimum Gasteiger partial charge on any atom is -0.507 e. The SMILES string of the molecule is CC(CSc1cc(C(C)(C)C)c(O)c(C(C)(C)C)c1)OC(=O)CCCCCCCCC(=O)OC(C)CSc1cc(C(C)(C)C)c(O)c(C(C)(C)C)c1. The summed E-state index contributed by atoms with van der Waals surface area (Å²) in [4.78, 5) is 27.2. The molecule has 52 heavy (non-hydrogen) atoms. The van der Waals surface area contributed by atoms with Gasteiger partial charge in [0.1, 0.15) is 23.7 Å². The highest BCUT2D eigenvalue weighted by molar-refractivity contribution is 7.99. The zero-order valence-electron chi connectivity index (χ0n) is 34.9. The number of unbranched alkanes of at least 4 members (excludes halogenated alkanes) is 5. The van der Waals surface area contributed by atoms with Crippen molar-refractivity contribution in [3.8, 4) is 11.5 Å². The van der Waals surface area contributed by atoms with Crippen molar-refractivity contribution in [1.29, 1.82) is 0 Å². The van der Waals surface area contributed by atoms with Crippen LogP contribution in [0.25, 0.3) is 0 Å². The zero-order chi connectivity index (χ0) is 39.7. The van der Waals surface area contributed by atoms with Gasteiger partial charge in [0.05, 0.1) is 0 Å². The second-order valence-electron chi connectivity index (χ2n) is 18.6. The Balaban J connectivity index is 1.66. The van der Waals surface area contributed by atoms with E-state index in [0.717, 1.165) is 70.6 Å². The van der Waals surface area contributed by atoms with Crippen LogP contribution in [0.1, 0.15) is 171 Å². The number of phenols is 2. The van der Waals surface area contributed by atoms with E-state index in [1.165, 1.54) is 0 Å². The molecule has 2 atom stereocenters. The number of hydrogen-bond donors (Lipinski definition) is 2. The third kappa shape index (κ3) is 15.2. The Kier molecular flexibility index (Phi) is 17.0. The van der Waals surface area contributed by atoms with Crippen LogP contribution >= 0.6 is 23.5 Å². The van der Waals surface area contributed by atoms with Gasteiger partial charge in [0.15, 0.2) is 0 Å². The number of ether oxygens (including phenoxy) is 2. The number of carbonyl (C=O) groups is 2. The molecule has 0 aliphatic heterocycles. The smallest absolute Gasteiger partial charge is 0.306 e. The molecule has 6 nitrogen and oxygen atoms in total. The minimum atomic E-state index is -0.209. The lowest BCUT2D eigenvalue weighted by atomic mass is 9.79. The molecule has 0 aliphatic carbocycles. The third-order valence-electron chi connectivity index (χ3n) is 9.05. The van der Waals surface area contributed by atoms with Gasteiger partial charge >= 0.3 is 11.9 Å². The molecule has 8 heteroatoms. The normalized spacial score (nSPS) is 13.9. The molecule has 0 fully saturated rings. The number of aromatic hydroxyl groups is 2. The van der Waals surface area contributed by atoms with E-state index in [4.69, 9.17) is 9.47 Å². The van der Waals surface area contributed by atoms with E-state index in [9.17, 15) is 19.8 Å². The molecule has 2 rings (SSSR count). The Morgan fingerprint density at radius 1 is 0.519 bits per heavy atom. The average Bonchev–Trinajstić information content (AvgIpc) is 2.98. The molecule has 0 amide bonds. The predicted molar refractivity (Wildman–Crippen MR) is 221 cm³/mol. The maximum absolute atomic E-state index is 12.5. The summed E-state index contributed by atoms with van der Waals surface area (Å²) in [6.45, 7) is 29.2. The van der Waals surface area contributed by atoms with E-state index in [2.05, 4.69) is 107 Å². The van der Waals surface area contributed by atoms with Gasteiger partial charge in [0.25, 0.3) is 0 Å². The summed E-state index contributed by atoms with van der Waals surface area (Å²) < 4.78 is 11.4. The largest absolute Gasteiger partial charge is 0.507 e. The van der Waals surface area contributed by atoms with Crippen molar-refractivity contribution < 1.29 is 29.3 Å². The molecule has 2 aromatic carbocycles. The van der Waals surface area contributed by atoms with Crippen molar-refractivity contribution in [2.45, 2.75) is 192 Å². The van der Waals surface area contributed by atoms with Gasteiger partial charge in [-0.3, -0.25) is 9.59 Å². The van der Waals surface area contributed by atoms with E-state index in [1.807, 2.05) is 13.8 Å². The molecule has 0 aromatic heterocycles. The van der Waals surface area contributed by atoms with E-state index in [0.29, 0.717) is 35.8 Å². The lowest BCUT2D eigenvalue weighted by Gasteiger charge is -2.28. The van der Waals surface area contributed by atoms with Gasteiger partial charge in [-0.05, 0) is 72.6 Å². The molecule has 0 heterocycles. The standard InChI is InChI=1S/C44H70O6S2/c1-29(27-51-31-23-33(41(3,4)5)39(47)34(24-31)42(6,7)8)49-37(45)21-19-17-15-16-18-20-22-38(46)50-30(2)28-52-32-25-35(43(9,10)11)40(48)36(26-32)44(12,13)14/h23-26,29-30,47-48H,15-22,27-28H2,1-14H3. The first kappa shape index (κ1) is 45.8. The predicted octanol–water partition coefficient (Wildman–Crippen LogP) is 12.2. The first-order valence-corrected chi connectivity index (χ1v) is 21.2. The molecule has 2 aromatic rings. The van der Waals surface area contributed by atoms with Gasteiger partial charge in [-0.15, -0.1) is 23.5 Å². The lowest BCUT2D eigenvalue weighted by Crippen LogP contribution is -2.18. The van der Waals surface area contributed by atoms with Crippen molar-refractivity contribution >= 4 is 35.5 Å². The molecule has 2 N–H and O–H groups in total. The van der Waals surface area contributed by atoms with E-state index in [-0.39, 0.29) is 45.8 Å². The second-order valence-corrected chi connectivity index (χ2v) is 20.8. The fourth-order valence-corrected chi connectivity index (χ4v) is 7.77. The van der Waals surface area contributed by atoms with Crippen LogP contribution in [-0.2, 0) is 40.7 Å². The fraction of sp³-hybridized carbons (Fsp3) is 0.682. The minimum absolute atomic E-state index is 0.158. The molecule has 294 valence electrons. The maximum atomic E-state index is 12.5. The monoisotopic (exact) mass is 758 g/mol. The Morgan fingerprint density at radius 2 is 0.769 bits per heavy atom. The summed E-state index contributed by atoms with van der Waals surface area (Å²) in [7, 11) is 0. The second kappa shape index (κ2) is 19.3. The first-order valence-electron chi connectivity index (χ1n) is 19.2. The van der Waals surface area contributed by atoms with Crippen molar-refractivity contribution in [2.75, 3.05) is 11.5 Å². The van der Waals surface area contributed by atoms with Gasteiger partial charge in [-0.1, -0.05) is 109 Å². The number of esters is 2. The molecular formula is C44H70O6S2. The molecule has 0 saturated carbocycles. The fourth-order valence-electron chi connectivity index (χ4n) is 5.98. The van der Waals surface area contributed by atoms with Gasteiger partial charge in [0, 0.05) is 56.4 Å². The van der Waals surface area contributed by atoms with Crippen LogP contribution in [0.5, 0.6) is 11.5 Å². The quantitative estimate of drug-likeness (QED) is 0.0936. The highest BCUT2D eigenvalue weighted by atomic mass is 32.2. The number of thioether (sulfide) groups is 2. The topological polar surface area (TPSA) is 93.1 Å². The van der Waals surface area contributed by atoms with Crippen molar-refractivity contribution in [3.63, 3.8) is 0 Å². The van der Waals surface area contributed by atoms with Crippen molar-refractivity contribution in [3.05, 3.63) is 46.5 Å². The van der Waals surface area contributed by atoms with Gasteiger partial charge in [-0.25, -0.2) is 0 Å². The molecule has 2 unspecified atom stereocenters. The highest BCUT2D eigenvalue weighted by Crippen LogP contribution is 2.43. The number of carbonyl (C=O) groups excluding carboxylic acids is 2. The Bertz CT molecular complexity index is 1290. The Morgan fingerprint density at radius 3 is 1.02 bits per heavy atom. The van der Waals surface area contributed by atoms with Gasteiger partial charge in [-0.2, -0.15) is 0 Å². The van der Waals surface area contributed by atoms with Crippen molar-refractivity contribution in [2.24, 2.45) is 0 Å². The van der Waals surface area contributed by atoms with Crippen LogP contribution in [0, 0.1) is 0 Å².